The van der Waals surface area contributed by atoms with Crippen LogP contribution in [-0.4, -0.2) is 68.1 Å². The van der Waals surface area contributed by atoms with Crippen LogP contribution >= 0.6 is 0 Å². The van der Waals surface area contributed by atoms with E-state index in [0.29, 0.717) is 0 Å². The van der Waals surface area contributed by atoms with Crippen molar-refractivity contribution < 1.29 is 9.47 Å². The highest BCUT2D eigenvalue weighted by Crippen LogP contribution is 2.35. The Balaban J connectivity index is 1.58. The largest absolute Gasteiger partial charge is 0.347 e. The molecule has 2 fully saturated rings. The summed E-state index contributed by atoms with van der Waals surface area (Å²) in [5.41, 5.74) is 0. The fraction of sp³-hybridized carbons (Fsp3) is 0.822. The number of unbranched alkanes of at least 4 members (excludes halogenated alkanes) is 18. The number of hydrogen-bond donors (Lipinski definition) is 0. The van der Waals surface area contributed by atoms with E-state index in [0.717, 1.165) is 51.9 Å². The molecule has 1 unspecified atom stereocenters. The third-order valence-electron chi connectivity index (χ3n) is 10.5. The van der Waals surface area contributed by atoms with Crippen LogP contribution in [0, 0.1) is 0 Å². The molecule has 2 aliphatic heterocycles. The van der Waals surface area contributed by atoms with E-state index >= 15 is 0 Å². The van der Waals surface area contributed by atoms with Gasteiger partial charge in [0.05, 0.1) is 12.7 Å². The Bertz CT molecular complexity index is 793. The molecule has 2 saturated heterocycles. The topological polar surface area (TPSA) is 24.9 Å². The second kappa shape index (κ2) is 31.5. The lowest BCUT2D eigenvalue weighted by molar-refractivity contribution is -0.181. The van der Waals surface area contributed by atoms with Gasteiger partial charge < -0.3 is 14.4 Å². The summed E-state index contributed by atoms with van der Waals surface area (Å²) in [6, 6.07) is 0. The Morgan fingerprint density at radius 3 is 1.37 bits per heavy atom. The average molecular weight is 683 g/mol. The normalized spacial score (nSPS) is 21.2. The minimum atomic E-state index is -0.332. The van der Waals surface area contributed by atoms with Crippen molar-refractivity contribution in [2.45, 2.75) is 193 Å². The molecular formula is C45H82N2O2. The summed E-state index contributed by atoms with van der Waals surface area (Å²) < 4.78 is 13.4. The molecule has 2 rings (SSSR count). The van der Waals surface area contributed by atoms with Crippen LogP contribution in [0.3, 0.4) is 0 Å². The zero-order chi connectivity index (χ0) is 34.9. The molecule has 0 aliphatic carbocycles. The molecule has 4 heteroatoms. The average Bonchev–Trinajstić information content (AvgIpc) is 3.51. The molecule has 0 saturated carbocycles. The molecule has 0 N–H and O–H groups in total. The first-order valence-electron chi connectivity index (χ1n) is 21.5. The first kappa shape index (κ1) is 44.0. The van der Waals surface area contributed by atoms with Gasteiger partial charge in [-0.3, -0.25) is 4.90 Å². The van der Waals surface area contributed by atoms with Crippen LogP contribution < -0.4 is 0 Å². The lowest BCUT2D eigenvalue weighted by atomic mass is 9.98. The highest BCUT2D eigenvalue weighted by atomic mass is 16.7. The maximum atomic E-state index is 6.82. The fourth-order valence-electron chi connectivity index (χ4n) is 7.18. The summed E-state index contributed by atoms with van der Waals surface area (Å²) in [7, 11) is 2.23. The molecule has 0 spiro atoms. The summed E-state index contributed by atoms with van der Waals surface area (Å²) in [6.45, 7) is 11.0. The van der Waals surface area contributed by atoms with Crippen molar-refractivity contribution >= 4 is 0 Å². The Morgan fingerprint density at radius 2 is 0.918 bits per heavy atom. The Hall–Kier alpha value is -1.20. The van der Waals surface area contributed by atoms with Gasteiger partial charge in [0.15, 0.2) is 5.79 Å². The third kappa shape index (κ3) is 24.6. The van der Waals surface area contributed by atoms with Crippen molar-refractivity contribution in [3.05, 3.63) is 48.6 Å². The SMILES string of the molecule is CCCCCC=CCC=CCCCCCCCCC1(CCCCCCCCC=CCC=CCCCCC)OCC(CN2CCN(C)CC2)O1. The van der Waals surface area contributed by atoms with Crippen LogP contribution in [0.5, 0.6) is 0 Å². The zero-order valence-corrected chi connectivity index (χ0v) is 33.0. The Kier molecular flexibility index (Phi) is 28.3. The van der Waals surface area contributed by atoms with Gasteiger partial charge in [0, 0.05) is 45.6 Å². The van der Waals surface area contributed by atoms with Crippen molar-refractivity contribution in [3.63, 3.8) is 0 Å². The fourth-order valence-corrected chi connectivity index (χ4v) is 7.18. The van der Waals surface area contributed by atoms with E-state index in [2.05, 4.69) is 79.3 Å². The highest BCUT2D eigenvalue weighted by molar-refractivity contribution is 4.93. The van der Waals surface area contributed by atoms with Crippen molar-refractivity contribution in [1.82, 2.24) is 9.80 Å². The van der Waals surface area contributed by atoms with Crippen LogP contribution in [0.1, 0.15) is 181 Å². The lowest BCUT2D eigenvalue weighted by Gasteiger charge is -2.34. The van der Waals surface area contributed by atoms with Gasteiger partial charge in [-0.15, -0.1) is 0 Å². The minimum absolute atomic E-state index is 0.234. The third-order valence-corrected chi connectivity index (χ3v) is 10.5. The minimum Gasteiger partial charge on any atom is -0.347 e. The number of rotatable bonds is 32. The summed E-state index contributed by atoms with van der Waals surface area (Å²) in [6.07, 6.45) is 52.3. The number of allylic oxidation sites excluding steroid dienone is 8. The molecule has 49 heavy (non-hydrogen) atoms. The lowest BCUT2D eigenvalue weighted by Crippen LogP contribution is -2.47. The number of nitrogens with zero attached hydrogens (tertiary/aromatic N) is 2. The maximum absolute atomic E-state index is 6.82. The van der Waals surface area contributed by atoms with E-state index in [9.17, 15) is 0 Å². The van der Waals surface area contributed by atoms with Crippen LogP contribution in [0.15, 0.2) is 48.6 Å². The molecule has 2 heterocycles. The van der Waals surface area contributed by atoms with E-state index in [1.807, 2.05) is 0 Å². The maximum Gasteiger partial charge on any atom is 0.168 e. The van der Waals surface area contributed by atoms with Crippen molar-refractivity contribution in [3.8, 4) is 0 Å². The molecule has 0 aromatic rings. The molecule has 2 aliphatic rings. The van der Waals surface area contributed by atoms with E-state index in [4.69, 9.17) is 9.47 Å². The van der Waals surface area contributed by atoms with E-state index in [-0.39, 0.29) is 11.9 Å². The van der Waals surface area contributed by atoms with Crippen molar-refractivity contribution in [1.29, 1.82) is 0 Å². The van der Waals surface area contributed by atoms with Crippen LogP contribution in [0.2, 0.25) is 0 Å². The van der Waals surface area contributed by atoms with E-state index < -0.39 is 0 Å². The summed E-state index contributed by atoms with van der Waals surface area (Å²) in [5.74, 6) is -0.332. The number of likely N-dealkylation sites (N-methyl/N-ethyl adjacent to an activating group) is 1. The van der Waals surface area contributed by atoms with Gasteiger partial charge in [-0.05, 0) is 84.1 Å². The van der Waals surface area contributed by atoms with Gasteiger partial charge in [-0.2, -0.15) is 0 Å². The zero-order valence-electron chi connectivity index (χ0n) is 33.0. The number of ether oxygens (including phenoxy) is 2. The number of hydrogen-bond acceptors (Lipinski definition) is 4. The first-order valence-corrected chi connectivity index (χ1v) is 21.5. The predicted molar refractivity (Wildman–Crippen MR) is 215 cm³/mol. The standard InChI is InChI=1S/C45H82N2O2/c1-4-6-8-10-12-14-16-18-20-22-24-26-28-30-32-34-36-45(48-43-44(49-45)42-47-40-38-46(3)39-41-47)37-35-33-31-29-27-25-23-21-19-17-15-13-11-9-7-5-2/h12-15,18-21,44H,4-11,16-17,22-43H2,1-3H3. The van der Waals surface area contributed by atoms with Crippen LogP contribution in [0.25, 0.3) is 0 Å². The second-order valence-corrected chi connectivity index (χ2v) is 15.2. The van der Waals surface area contributed by atoms with Gasteiger partial charge in [-0.1, -0.05) is 140 Å². The predicted octanol–water partition coefficient (Wildman–Crippen LogP) is 12.8. The Labute approximate surface area is 306 Å². The monoisotopic (exact) mass is 683 g/mol. The van der Waals surface area contributed by atoms with Gasteiger partial charge >= 0.3 is 0 Å². The van der Waals surface area contributed by atoms with Gasteiger partial charge in [0.2, 0.25) is 0 Å². The quantitative estimate of drug-likeness (QED) is 0.0521. The van der Waals surface area contributed by atoms with E-state index in [1.54, 1.807) is 0 Å². The summed E-state index contributed by atoms with van der Waals surface area (Å²) >= 11 is 0. The molecule has 0 aromatic carbocycles. The van der Waals surface area contributed by atoms with Gasteiger partial charge in [0.25, 0.3) is 0 Å². The summed E-state index contributed by atoms with van der Waals surface area (Å²) in [4.78, 5) is 5.02. The van der Waals surface area contributed by atoms with Crippen LogP contribution in [-0.2, 0) is 9.47 Å². The molecule has 0 radical (unpaired) electrons. The van der Waals surface area contributed by atoms with Crippen LogP contribution in [0.4, 0.5) is 0 Å². The molecule has 284 valence electrons. The molecule has 0 aromatic heterocycles. The highest BCUT2D eigenvalue weighted by Gasteiger charge is 2.41. The smallest absolute Gasteiger partial charge is 0.168 e. The van der Waals surface area contributed by atoms with Crippen molar-refractivity contribution in [2.24, 2.45) is 0 Å². The molecule has 4 nitrogen and oxygen atoms in total. The van der Waals surface area contributed by atoms with E-state index in [1.165, 1.54) is 154 Å². The molecule has 1 atom stereocenters. The first-order chi connectivity index (χ1) is 24.2. The number of piperazine rings is 1. The second-order valence-electron chi connectivity index (χ2n) is 15.2. The summed E-state index contributed by atoms with van der Waals surface area (Å²) in [5, 5.41) is 0. The molecule has 0 bridgehead atoms. The van der Waals surface area contributed by atoms with Gasteiger partial charge in [-0.25, -0.2) is 0 Å². The van der Waals surface area contributed by atoms with Gasteiger partial charge in [0.1, 0.15) is 0 Å². The van der Waals surface area contributed by atoms with Crippen molar-refractivity contribution in [2.75, 3.05) is 46.4 Å². The Morgan fingerprint density at radius 1 is 0.510 bits per heavy atom. The molecular weight excluding hydrogens is 601 g/mol. The molecule has 0 amide bonds.